The second-order valence-electron chi connectivity index (χ2n) is 3.86. The third kappa shape index (κ3) is 2.88. The van der Waals surface area contributed by atoms with Crippen LogP contribution >= 0.6 is 15.9 Å². The molecule has 2 aromatic rings. The van der Waals surface area contributed by atoms with Gasteiger partial charge in [-0.05, 0) is 25.1 Å². The lowest BCUT2D eigenvalue weighted by Gasteiger charge is -2.06. The van der Waals surface area contributed by atoms with Crippen molar-refractivity contribution < 1.29 is 19.4 Å². The highest BCUT2D eigenvalue weighted by atomic mass is 79.9. The predicted molar refractivity (Wildman–Crippen MR) is 74.2 cm³/mol. The van der Waals surface area contributed by atoms with Crippen LogP contribution in [0.3, 0.4) is 0 Å². The van der Waals surface area contributed by atoms with Crippen LogP contribution in [-0.2, 0) is 4.74 Å². The van der Waals surface area contributed by atoms with E-state index in [1.807, 2.05) is 0 Å². The van der Waals surface area contributed by atoms with Crippen molar-refractivity contribution in [1.82, 2.24) is 9.78 Å². The van der Waals surface area contributed by atoms with Crippen molar-refractivity contribution in [2.24, 2.45) is 0 Å². The number of hydrogen-bond donors (Lipinski definition) is 1. The van der Waals surface area contributed by atoms with Gasteiger partial charge in [0.1, 0.15) is 0 Å². The van der Waals surface area contributed by atoms with Crippen LogP contribution in [0.1, 0.15) is 27.6 Å². The fraction of sp³-hybridized carbons (Fsp3) is 0.154. The van der Waals surface area contributed by atoms with E-state index in [4.69, 9.17) is 4.74 Å². The Kier molecular flexibility index (Phi) is 4.19. The molecule has 0 aliphatic rings. The highest BCUT2D eigenvalue weighted by Crippen LogP contribution is 2.20. The van der Waals surface area contributed by atoms with Crippen molar-refractivity contribution in [3.63, 3.8) is 0 Å². The first-order chi connectivity index (χ1) is 9.52. The van der Waals surface area contributed by atoms with Crippen molar-refractivity contribution in [2.45, 2.75) is 6.92 Å². The van der Waals surface area contributed by atoms with Crippen molar-refractivity contribution in [1.29, 1.82) is 0 Å². The first-order valence-corrected chi connectivity index (χ1v) is 6.57. The van der Waals surface area contributed by atoms with Crippen LogP contribution in [0, 0.1) is 0 Å². The van der Waals surface area contributed by atoms with Crippen molar-refractivity contribution >= 4 is 27.9 Å². The highest BCUT2D eigenvalue weighted by molar-refractivity contribution is 9.10. The molecular weight excluding hydrogens is 328 g/mol. The summed E-state index contributed by atoms with van der Waals surface area (Å²) in [4.78, 5) is 22.8. The van der Waals surface area contributed by atoms with Crippen LogP contribution in [0.15, 0.2) is 35.1 Å². The molecule has 0 amide bonds. The minimum atomic E-state index is -1.07. The van der Waals surface area contributed by atoms with Crippen molar-refractivity contribution in [2.75, 3.05) is 6.61 Å². The Morgan fingerprint density at radius 2 is 2.20 bits per heavy atom. The topological polar surface area (TPSA) is 81.4 Å². The van der Waals surface area contributed by atoms with Gasteiger partial charge in [-0.2, -0.15) is 5.10 Å². The number of nitrogens with zero attached hydrogens (tertiary/aromatic N) is 2. The molecule has 2 rings (SSSR count). The van der Waals surface area contributed by atoms with Gasteiger partial charge < -0.3 is 9.84 Å². The van der Waals surface area contributed by atoms with E-state index >= 15 is 0 Å². The summed E-state index contributed by atoms with van der Waals surface area (Å²) in [5, 5.41) is 13.2. The number of ether oxygens (including phenoxy) is 1. The Labute approximate surface area is 123 Å². The first-order valence-electron chi connectivity index (χ1n) is 5.78. The molecule has 7 heteroatoms. The summed E-state index contributed by atoms with van der Waals surface area (Å²) in [6, 6.07) is 4.78. The van der Waals surface area contributed by atoms with Crippen molar-refractivity contribution in [3.05, 3.63) is 46.2 Å². The summed E-state index contributed by atoms with van der Waals surface area (Å²) in [5.74, 6) is -1.57. The Bertz CT molecular complexity index is 666. The van der Waals surface area contributed by atoms with E-state index in [9.17, 15) is 14.7 Å². The van der Waals surface area contributed by atoms with E-state index in [0.717, 1.165) is 0 Å². The number of aromatic carboxylic acids is 1. The molecule has 1 N–H and O–H groups in total. The molecule has 0 unspecified atom stereocenters. The monoisotopic (exact) mass is 338 g/mol. The number of halogens is 1. The van der Waals surface area contributed by atoms with Gasteiger partial charge >= 0.3 is 11.9 Å². The summed E-state index contributed by atoms with van der Waals surface area (Å²) in [7, 11) is 0. The number of carboxylic acid groups (broad SMARTS) is 1. The predicted octanol–water partition coefficient (Wildman–Crippen LogP) is 2.51. The average Bonchev–Trinajstić information content (AvgIpc) is 2.88. The van der Waals surface area contributed by atoms with Crippen LogP contribution in [0.5, 0.6) is 0 Å². The van der Waals surface area contributed by atoms with Crippen LogP contribution < -0.4 is 0 Å². The number of hydrogen-bond acceptors (Lipinski definition) is 4. The van der Waals surface area contributed by atoms with Crippen LogP contribution in [0.4, 0.5) is 0 Å². The summed E-state index contributed by atoms with van der Waals surface area (Å²) < 4.78 is 6.84. The molecule has 0 bridgehead atoms. The second-order valence-corrected chi connectivity index (χ2v) is 4.78. The second kappa shape index (κ2) is 5.87. The Hall–Kier alpha value is -2.15. The molecule has 0 saturated carbocycles. The molecule has 6 nitrogen and oxygen atoms in total. The Morgan fingerprint density at radius 1 is 1.45 bits per heavy atom. The largest absolute Gasteiger partial charge is 0.478 e. The van der Waals surface area contributed by atoms with Gasteiger partial charge in [-0.25, -0.2) is 14.3 Å². The molecular formula is C13H11BrN2O4. The SMILES string of the molecule is CCOC(=O)c1cnn(-c2ccc(Br)cc2C(=O)O)c1. The minimum absolute atomic E-state index is 0.0814. The van der Waals surface area contributed by atoms with E-state index in [-0.39, 0.29) is 17.7 Å². The maximum atomic E-state index is 11.6. The lowest BCUT2D eigenvalue weighted by Crippen LogP contribution is -2.06. The standard InChI is InChI=1S/C13H11BrN2O4/c1-2-20-13(19)8-6-15-16(7-8)11-4-3-9(14)5-10(11)12(17)18/h3-7H,2H2,1H3,(H,17,18). The molecule has 0 radical (unpaired) electrons. The minimum Gasteiger partial charge on any atom is -0.478 e. The fourth-order valence-corrected chi connectivity index (χ4v) is 2.01. The molecule has 0 saturated heterocycles. The number of rotatable bonds is 4. The molecule has 1 aromatic heterocycles. The van der Waals surface area contributed by atoms with Crippen LogP contribution in [-0.4, -0.2) is 33.4 Å². The van der Waals surface area contributed by atoms with Gasteiger partial charge in [0.2, 0.25) is 0 Å². The highest BCUT2D eigenvalue weighted by Gasteiger charge is 2.15. The maximum Gasteiger partial charge on any atom is 0.341 e. The van der Waals surface area contributed by atoms with Gasteiger partial charge in [-0.15, -0.1) is 0 Å². The van der Waals surface area contributed by atoms with Crippen molar-refractivity contribution in [3.8, 4) is 5.69 Å². The zero-order valence-electron chi connectivity index (χ0n) is 10.5. The van der Waals surface area contributed by atoms with E-state index in [0.29, 0.717) is 10.2 Å². The molecule has 0 aliphatic heterocycles. The molecule has 104 valence electrons. The maximum absolute atomic E-state index is 11.6. The Balaban J connectivity index is 2.42. The van der Waals surface area contributed by atoms with Crippen LogP contribution in [0.25, 0.3) is 5.69 Å². The average molecular weight is 339 g/mol. The number of esters is 1. The lowest BCUT2D eigenvalue weighted by atomic mass is 10.2. The van der Waals surface area contributed by atoms with Gasteiger partial charge in [0.25, 0.3) is 0 Å². The van der Waals surface area contributed by atoms with Gasteiger partial charge in [0, 0.05) is 10.7 Å². The molecule has 1 aromatic carbocycles. The van der Waals surface area contributed by atoms with Gasteiger partial charge in [-0.1, -0.05) is 15.9 Å². The zero-order valence-corrected chi connectivity index (χ0v) is 12.1. The summed E-state index contributed by atoms with van der Waals surface area (Å²) in [6.07, 6.45) is 2.78. The molecule has 20 heavy (non-hydrogen) atoms. The Morgan fingerprint density at radius 3 is 2.85 bits per heavy atom. The van der Waals surface area contributed by atoms with E-state index in [2.05, 4.69) is 21.0 Å². The third-order valence-corrected chi connectivity index (χ3v) is 3.02. The first kappa shape index (κ1) is 14.3. The molecule has 0 atom stereocenters. The number of carboxylic acids is 1. The summed E-state index contributed by atoms with van der Waals surface area (Å²) >= 11 is 3.22. The molecule has 0 fully saturated rings. The molecule has 1 heterocycles. The van der Waals surface area contributed by atoms with E-state index in [1.54, 1.807) is 19.1 Å². The number of carbonyl (C=O) groups is 2. The number of benzene rings is 1. The van der Waals surface area contributed by atoms with Gasteiger partial charge in [-0.3, -0.25) is 0 Å². The fourth-order valence-electron chi connectivity index (χ4n) is 1.65. The lowest BCUT2D eigenvalue weighted by molar-refractivity contribution is 0.0526. The zero-order chi connectivity index (χ0) is 14.7. The van der Waals surface area contributed by atoms with Gasteiger partial charge in [0.15, 0.2) is 0 Å². The molecule has 0 spiro atoms. The summed E-state index contributed by atoms with van der Waals surface area (Å²) in [6.45, 7) is 1.97. The van der Waals surface area contributed by atoms with E-state index < -0.39 is 11.9 Å². The van der Waals surface area contributed by atoms with E-state index in [1.165, 1.54) is 23.1 Å². The quantitative estimate of drug-likeness (QED) is 0.866. The third-order valence-electron chi connectivity index (χ3n) is 2.53. The smallest absolute Gasteiger partial charge is 0.341 e. The van der Waals surface area contributed by atoms with Gasteiger partial charge in [0.05, 0.1) is 29.6 Å². The number of aromatic nitrogens is 2. The normalized spacial score (nSPS) is 10.3. The summed E-state index contributed by atoms with van der Waals surface area (Å²) in [5.41, 5.74) is 0.722. The molecule has 0 aliphatic carbocycles. The van der Waals surface area contributed by atoms with Crippen LogP contribution in [0.2, 0.25) is 0 Å². The number of carbonyl (C=O) groups excluding carboxylic acids is 1.